The van der Waals surface area contributed by atoms with Gasteiger partial charge in [-0.1, -0.05) is 18.2 Å². The molecule has 5 heteroatoms. The summed E-state index contributed by atoms with van der Waals surface area (Å²) in [5.41, 5.74) is 4.65. The highest BCUT2D eigenvalue weighted by Gasteiger charge is 2.28. The first-order valence-corrected chi connectivity index (χ1v) is 9.33. The van der Waals surface area contributed by atoms with Crippen molar-refractivity contribution in [1.29, 1.82) is 0 Å². The monoisotopic (exact) mass is 338 g/mol. The Balaban J connectivity index is 1.43. The van der Waals surface area contributed by atoms with Crippen LogP contribution in [0, 0.1) is 6.92 Å². The van der Waals surface area contributed by atoms with Crippen molar-refractivity contribution < 1.29 is 4.79 Å². The van der Waals surface area contributed by atoms with Gasteiger partial charge in [-0.15, -0.1) is 0 Å². The van der Waals surface area contributed by atoms with Gasteiger partial charge >= 0.3 is 0 Å². The number of carbonyl (C=O) groups excluding carboxylic acids is 1. The Morgan fingerprint density at radius 3 is 3.00 bits per heavy atom. The van der Waals surface area contributed by atoms with Crippen LogP contribution in [-0.2, 0) is 11.2 Å². The molecule has 1 atom stereocenters. The van der Waals surface area contributed by atoms with Crippen molar-refractivity contribution in [2.24, 2.45) is 0 Å². The lowest BCUT2D eigenvalue weighted by Gasteiger charge is -2.35. The van der Waals surface area contributed by atoms with Gasteiger partial charge in [-0.05, 0) is 56.8 Å². The number of piperidine rings is 1. The van der Waals surface area contributed by atoms with Gasteiger partial charge in [0.05, 0.1) is 12.2 Å². The molecule has 0 bridgehead atoms. The van der Waals surface area contributed by atoms with Gasteiger partial charge in [-0.3, -0.25) is 14.8 Å². The predicted molar refractivity (Wildman–Crippen MR) is 98.9 cm³/mol. The number of aromatic amines is 1. The molecule has 3 heterocycles. The van der Waals surface area contributed by atoms with Crippen molar-refractivity contribution in [3.8, 4) is 0 Å². The van der Waals surface area contributed by atoms with E-state index in [0.717, 1.165) is 62.4 Å². The molecular formula is C20H26N4O. The van der Waals surface area contributed by atoms with E-state index in [-0.39, 0.29) is 5.91 Å². The van der Waals surface area contributed by atoms with Gasteiger partial charge < -0.3 is 4.90 Å². The average molecular weight is 338 g/mol. The van der Waals surface area contributed by atoms with Crippen LogP contribution in [0.5, 0.6) is 0 Å². The maximum Gasteiger partial charge on any atom is 0.241 e. The Labute approximate surface area is 149 Å². The first kappa shape index (κ1) is 16.3. The van der Waals surface area contributed by atoms with Crippen molar-refractivity contribution in [2.75, 3.05) is 31.1 Å². The van der Waals surface area contributed by atoms with Crippen molar-refractivity contribution in [3.63, 3.8) is 0 Å². The van der Waals surface area contributed by atoms with Gasteiger partial charge in [0, 0.05) is 30.4 Å². The Morgan fingerprint density at radius 1 is 1.28 bits per heavy atom. The number of nitrogens with zero attached hydrogens (tertiary/aromatic N) is 3. The second kappa shape index (κ2) is 7.00. The zero-order chi connectivity index (χ0) is 17.2. The summed E-state index contributed by atoms with van der Waals surface area (Å²) in [5.74, 6) is 0.658. The molecule has 0 saturated carbocycles. The first-order valence-electron chi connectivity index (χ1n) is 9.33. The van der Waals surface area contributed by atoms with Gasteiger partial charge in [0.25, 0.3) is 0 Å². The number of aryl methyl sites for hydroxylation is 2. The van der Waals surface area contributed by atoms with Gasteiger partial charge in [0.15, 0.2) is 0 Å². The normalized spacial score (nSPS) is 21.2. The standard InChI is InChI=1S/C20H26N4O/c1-15-12-18(22-21-15)17-8-4-10-23(13-17)14-20(25)24-11-5-7-16-6-2-3-9-19(16)24/h2-3,6,9,12,17H,4-5,7-8,10-11,13-14H2,1H3,(H,21,22)/t17-/m0/s1. The number of carbonyl (C=O) groups is 1. The topological polar surface area (TPSA) is 52.2 Å². The number of likely N-dealkylation sites (tertiary alicyclic amines) is 1. The highest BCUT2D eigenvalue weighted by atomic mass is 16.2. The smallest absolute Gasteiger partial charge is 0.241 e. The number of hydrogen-bond acceptors (Lipinski definition) is 3. The Morgan fingerprint density at radius 2 is 2.16 bits per heavy atom. The lowest BCUT2D eigenvalue weighted by atomic mass is 9.94. The number of benzene rings is 1. The minimum atomic E-state index is 0.228. The predicted octanol–water partition coefficient (Wildman–Crippen LogP) is 2.88. The van der Waals surface area contributed by atoms with Crippen LogP contribution >= 0.6 is 0 Å². The highest BCUT2D eigenvalue weighted by Crippen LogP contribution is 2.28. The zero-order valence-electron chi connectivity index (χ0n) is 14.9. The van der Waals surface area contributed by atoms with E-state index in [1.165, 1.54) is 5.56 Å². The van der Waals surface area contributed by atoms with E-state index in [9.17, 15) is 4.79 Å². The molecule has 1 amide bonds. The van der Waals surface area contributed by atoms with E-state index in [4.69, 9.17) is 0 Å². The van der Waals surface area contributed by atoms with E-state index in [2.05, 4.69) is 39.4 Å². The molecule has 0 radical (unpaired) electrons. The number of amides is 1. The fourth-order valence-corrected chi connectivity index (χ4v) is 4.16. The number of fused-ring (bicyclic) bond motifs is 1. The Bertz CT molecular complexity index is 754. The Hall–Kier alpha value is -2.14. The molecule has 2 aromatic rings. The molecule has 1 N–H and O–H groups in total. The molecule has 1 aromatic heterocycles. The second-order valence-electron chi connectivity index (χ2n) is 7.33. The van der Waals surface area contributed by atoms with Crippen LogP contribution in [0.2, 0.25) is 0 Å². The van der Waals surface area contributed by atoms with E-state index in [1.54, 1.807) is 0 Å². The minimum Gasteiger partial charge on any atom is -0.311 e. The number of H-pyrrole nitrogens is 1. The van der Waals surface area contributed by atoms with E-state index in [1.807, 2.05) is 17.9 Å². The summed E-state index contributed by atoms with van der Waals surface area (Å²) in [6.45, 7) is 5.31. The van der Waals surface area contributed by atoms with Gasteiger partial charge in [-0.25, -0.2) is 0 Å². The van der Waals surface area contributed by atoms with Crippen molar-refractivity contribution in [1.82, 2.24) is 15.1 Å². The summed E-state index contributed by atoms with van der Waals surface area (Å²) < 4.78 is 0. The maximum atomic E-state index is 12.9. The summed E-state index contributed by atoms with van der Waals surface area (Å²) in [6.07, 6.45) is 4.41. The molecule has 0 unspecified atom stereocenters. The van der Waals surface area contributed by atoms with Crippen molar-refractivity contribution in [2.45, 2.75) is 38.5 Å². The van der Waals surface area contributed by atoms with Gasteiger partial charge in [0.2, 0.25) is 5.91 Å². The number of aromatic nitrogens is 2. The number of para-hydroxylation sites is 1. The molecule has 4 rings (SSSR count). The molecule has 0 spiro atoms. The quantitative estimate of drug-likeness (QED) is 0.936. The molecule has 2 aliphatic heterocycles. The molecular weight excluding hydrogens is 312 g/mol. The average Bonchev–Trinajstić information content (AvgIpc) is 3.08. The van der Waals surface area contributed by atoms with Crippen LogP contribution in [-0.4, -0.2) is 47.2 Å². The third-order valence-electron chi connectivity index (χ3n) is 5.42. The number of hydrogen-bond donors (Lipinski definition) is 1. The summed E-state index contributed by atoms with van der Waals surface area (Å²) >= 11 is 0. The fraction of sp³-hybridized carbons (Fsp3) is 0.500. The Kier molecular flexibility index (Phi) is 4.57. The molecule has 2 aliphatic rings. The highest BCUT2D eigenvalue weighted by molar-refractivity contribution is 5.95. The summed E-state index contributed by atoms with van der Waals surface area (Å²) in [4.78, 5) is 17.2. The molecule has 0 aliphatic carbocycles. The molecule has 1 aromatic carbocycles. The summed E-state index contributed by atoms with van der Waals surface area (Å²) in [7, 11) is 0. The van der Waals surface area contributed by atoms with Gasteiger partial charge in [-0.2, -0.15) is 5.10 Å². The van der Waals surface area contributed by atoms with E-state index >= 15 is 0 Å². The van der Waals surface area contributed by atoms with E-state index < -0.39 is 0 Å². The minimum absolute atomic E-state index is 0.228. The van der Waals surface area contributed by atoms with Gasteiger partial charge in [0.1, 0.15) is 0 Å². The zero-order valence-corrected chi connectivity index (χ0v) is 14.9. The molecule has 132 valence electrons. The molecule has 25 heavy (non-hydrogen) atoms. The maximum absolute atomic E-state index is 12.9. The summed E-state index contributed by atoms with van der Waals surface area (Å²) in [5, 5.41) is 7.47. The molecule has 5 nitrogen and oxygen atoms in total. The third kappa shape index (κ3) is 3.47. The number of nitrogens with one attached hydrogen (secondary N) is 1. The fourth-order valence-electron chi connectivity index (χ4n) is 4.16. The molecule has 1 fully saturated rings. The van der Waals surface area contributed by atoms with Crippen LogP contribution in [0.4, 0.5) is 5.69 Å². The lowest BCUT2D eigenvalue weighted by Crippen LogP contribution is -2.45. The van der Waals surface area contributed by atoms with Crippen LogP contribution in [0.15, 0.2) is 30.3 Å². The third-order valence-corrected chi connectivity index (χ3v) is 5.42. The largest absolute Gasteiger partial charge is 0.311 e. The second-order valence-corrected chi connectivity index (χ2v) is 7.33. The van der Waals surface area contributed by atoms with Crippen LogP contribution < -0.4 is 4.90 Å². The van der Waals surface area contributed by atoms with E-state index in [0.29, 0.717) is 12.5 Å². The number of rotatable bonds is 3. The van der Waals surface area contributed by atoms with Crippen LogP contribution in [0.25, 0.3) is 0 Å². The van der Waals surface area contributed by atoms with Crippen molar-refractivity contribution in [3.05, 3.63) is 47.3 Å². The van der Waals surface area contributed by atoms with Crippen molar-refractivity contribution >= 4 is 11.6 Å². The van der Waals surface area contributed by atoms with Crippen LogP contribution in [0.3, 0.4) is 0 Å². The summed E-state index contributed by atoms with van der Waals surface area (Å²) in [6, 6.07) is 10.5. The number of anilines is 1. The SMILES string of the molecule is Cc1cc([C@H]2CCCN(CC(=O)N3CCCc4ccccc43)C2)n[nH]1. The van der Waals surface area contributed by atoms with Crippen LogP contribution in [0.1, 0.15) is 42.1 Å². The molecule has 1 saturated heterocycles. The lowest BCUT2D eigenvalue weighted by molar-refractivity contribution is -0.120. The first-order chi connectivity index (χ1) is 12.2.